The zero-order valence-corrected chi connectivity index (χ0v) is 12.7. The van der Waals surface area contributed by atoms with Gasteiger partial charge in [-0.15, -0.1) is 0 Å². The third kappa shape index (κ3) is 3.78. The van der Waals surface area contributed by atoms with Crippen molar-refractivity contribution in [3.8, 4) is 0 Å². The predicted octanol–water partition coefficient (Wildman–Crippen LogP) is 2.85. The number of nitrogens with one attached hydrogen (secondary N) is 1. The average Bonchev–Trinajstić information content (AvgIpc) is 2.39. The second kappa shape index (κ2) is 5.90. The summed E-state index contributed by atoms with van der Waals surface area (Å²) in [7, 11) is -3.73. The fourth-order valence-electron chi connectivity index (χ4n) is 1.66. The summed E-state index contributed by atoms with van der Waals surface area (Å²) in [5, 5.41) is 8.09. The van der Waals surface area contributed by atoms with Gasteiger partial charge < -0.3 is 5.32 Å². The Hall–Kier alpha value is -1.44. The number of sulfonamides is 1. The van der Waals surface area contributed by atoms with Gasteiger partial charge in [-0.2, -0.15) is 0 Å². The summed E-state index contributed by atoms with van der Waals surface area (Å²) >= 11 is 3.33. The first-order chi connectivity index (χ1) is 9.36. The van der Waals surface area contributed by atoms with Crippen molar-refractivity contribution in [1.29, 1.82) is 0 Å². The summed E-state index contributed by atoms with van der Waals surface area (Å²) in [4.78, 5) is 0.0285. The maximum Gasteiger partial charge on any atom is 0.238 e. The summed E-state index contributed by atoms with van der Waals surface area (Å²) in [5.74, 6) is -0.330. The van der Waals surface area contributed by atoms with E-state index in [0.29, 0.717) is 12.2 Å². The van der Waals surface area contributed by atoms with E-state index in [-0.39, 0.29) is 10.7 Å². The molecule has 0 saturated heterocycles. The number of nitrogens with two attached hydrogens (primary N) is 1. The number of anilines is 1. The number of hydrogen-bond acceptors (Lipinski definition) is 3. The molecule has 2 aromatic carbocycles. The molecule has 0 amide bonds. The molecule has 0 aliphatic carbocycles. The van der Waals surface area contributed by atoms with Crippen LogP contribution in [0, 0.1) is 5.82 Å². The minimum Gasteiger partial charge on any atom is -0.381 e. The van der Waals surface area contributed by atoms with Crippen molar-refractivity contribution < 1.29 is 12.8 Å². The van der Waals surface area contributed by atoms with E-state index < -0.39 is 10.0 Å². The quantitative estimate of drug-likeness (QED) is 0.882. The molecule has 0 bridgehead atoms. The van der Waals surface area contributed by atoms with Crippen molar-refractivity contribution in [3.05, 3.63) is 58.3 Å². The number of primary sulfonamides is 1. The van der Waals surface area contributed by atoms with E-state index in [4.69, 9.17) is 5.14 Å². The second-order valence-corrected chi connectivity index (χ2v) is 6.58. The maximum absolute atomic E-state index is 13.1. The van der Waals surface area contributed by atoms with Gasteiger partial charge in [-0.1, -0.05) is 22.0 Å². The number of hydrogen-bond donors (Lipinski definition) is 2. The third-order valence-electron chi connectivity index (χ3n) is 2.65. The van der Waals surface area contributed by atoms with Crippen molar-refractivity contribution in [2.75, 3.05) is 5.32 Å². The first-order valence-corrected chi connectivity index (χ1v) is 8.01. The van der Waals surface area contributed by atoms with Crippen LogP contribution in [0.3, 0.4) is 0 Å². The Kier molecular flexibility index (Phi) is 4.42. The lowest BCUT2D eigenvalue weighted by Gasteiger charge is -2.09. The minimum absolute atomic E-state index is 0.0285. The van der Waals surface area contributed by atoms with E-state index in [1.165, 1.54) is 24.3 Å². The summed E-state index contributed by atoms with van der Waals surface area (Å²) in [6.07, 6.45) is 0. The molecular weight excluding hydrogens is 347 g/mol. The molecule has 20 heavy (non-hydrogen) atoms. The van der Waals surface area contributed by atoms with Gasteiger partial charge in [-0.25, -0.2) is 17.9 Å². The zero-order valence-electron chi connectivity index (χ0n) is 10.3. The van der Waals surface area contributed by atoms with Crippen LogP contribution in [0.4, 0.5) is 10.1 Å². The minimum atomic E-state index is -3.73. The normalized spacial score (nSPS) is 11.3. The van der Waals surface area contributed by atoms with E-state index >= 15 is 0 Å². The Balaban J connectivity index is 2.17. The van der Waals surface area contributed by atoms with Gasteiger partial charge in [0.25, 0.3) is 0 Å². The molecule has 0 atom stereocenters. The monoisotopic (exact) mass is 358 g/mol. The van der Waals surface area contributed by atoms with Crippen LogP contribution in [0.1, 0.15) is 5.56 Å². The van der Waals surface area contributed by atoms with Crippen LogP contribution < -0.4 is 10.5 Å². The van der Waals surface area contributed by atoms with Crippen molar-refractivity contribution in [1.82, 2.24) is 0 Å². The van der Waals surface area contributed by atoms with Gasteiger partial charge in [-0.05, 0) is 42.0 Å². The molecule has 0 heterocycles. The van der Waals surface area contributed by atoms with E-state index in [1.807, 2.05) is 0 Å². The molecule has 2 rings (SSSR count). The molecule has 4 nitrogen and oxygen atoms in total. The maximum atomic E-state index is 13.1. The smallest absolute Gasteiger partial charge is 0.238 e. The van der Waals surface area contributed by atoms with E-state index in [9.17, 15) is 12.8 Å². The SMILES string of the molecule is NS(=O)(=O)c1cccc(NCc2cc(F)ccc2Br)c1. The van der Waals surface area contributed by atoms with Crippen LogP contribution in [0.15, 0.2) is 51.8 Å². The molecule has 0 aromatic heterocycles. The van der Waals surface area contributed by atoms with E-state index in [1.54, 1.807) is 18.2 Å². The summed E-state index contributed by atoms with van der Waals surface area (Å²) in [6, 6.07) is 10.5. The van der Waals surface area contributed by atoms with Gasteiger partial charge in [0.15, 0.2) is 0 Å². The summed E-state index contributed by atoms with van der Waals surface area (Å²) in [6.45, 7) is 0.354. The first kappa shape index (κ1) is 15.0. The van der Waals surface area contributed by atoms with Crippen LogP contribution in [0.5, 0.6) is 0 Å². The summed E-state index contributed by atoms with van der Waals surface area (Å²) in [5.41, 5.74) is 1.32. The molecule has 106 valence electrons. The molecule has 0 unspecified atom stereocenters. The Morgan fingerprint density at radius 3 is 2.65 bits per heavy atom. The van der Waals surface area contributed by atoms with E-state index in [2.05, 4.69) is 21.2 Å². The Bertz CT molecular complexity index is 735. The third-order valence-corrected chi connectivity index (χ3v) is 4.34. The molecule has 3 N–H and O–H groups in total. The van der Waals surface area contributed by atoms with Crippen LogP contribution >= 0.6 is 15.9 Å². The van der Waals surface area contributed by atoms with Crippen LogP contribution in [0.25, 0.3) is 0 Å². The first-order valence-electron chi connectivity index (χ1n) is 5.67. The molecule has 0 aliphatic heterocycles. The zero-order chi connectivity index (χ0) is 14.8. The number of benzene rings is 2. The largest absolute Gasteiger partial charge is 0.381 e. The fraction of sp³-hybridized carbons (Fsp3) is 0.0769. The van der Waals surface area contributed by atoms with Crippen molar-refractivity contribution in [3.63, 3.8) is 0 Å². The molecule has 0 fully saturated rings. The fourth-order valence-corrected chi connectivity index (χ4v) is 2.61. The molecular formula is C13H12BrFN2O2S. The van der Waals surface area contributed by atoms with Gasteiger partial charge in [0.2, 0.25) is 10.0 Å². The van der Waals surface area contributed by atoms with Crippen molar-refractivity contribution >= 4 is 31.6 Å². The van der Waals surface area contributed by atoms with Crippen LogP contribution in [-0.2, 0) is 16.6 Å². The summed E-state index contributed by atoms with van der Waals surface area (Å²) < 4.78 is 36.4. The molecule has 0 aliphatic rings. The second-order valence-electron chi connectivity index (χ2n) is 4.16. The number of rotatable bonds is 4. The van der Waals surface area contributed by atoms with Crippen LogP contribution in [0.2, 0.25) is 0 Å². The van der Waals surface area contributed by atoms with Gasteiger partial charge in [0.05, 0.1) is 4.90 Å². The lowest BCUT2D eigenvalue weighted by atomic mass is 10.2. The molecule has 0 saturated carbocycles. The van der Waals surface area contributed by atoms with Crippen molar-refractivity contribution in [2.45, 2.75) is 11.4 Å². The Morgan fingerprint density at radius 1 is 1.20 bits per heavy atom. The highest BCUT2D eigenvalue weighted by atomic mass is 79.9. The highest BCUT2D eigenvalue weighted by molar-refractivity contribution is 9.10. The lowest BCUT2D eigenvalue weighted by Crippen LogP contribution is -2.12. The lowest BCUT2D eigenvalue weighted by molar-refractivity contribution is 0.598. The standard InChI is InChI=1S/C13H12BrFN2O2S/c14-13-5-4-10(15)6-9(13)8-17-11-2-1-3-12(7-11)20(16,18)19/h1-7,17H,8H2,(H2,16,18,19). The molecule has 2 aromatic rings. The molecule has 7 heteroatoms. The van der Waals surface area contributed by atoms with Crippen molar-refractivity contribution in [2.24, 2.45) is 5.14 Å². The van der Waals surface area contributed by atoms with Gasteiger partial charge in [-0.3, -0.25) is 0 Å². The Labute approximate surface area is 125 Å². The van der Waals surface area contributed by atoms with Gasteiger partial charge in [0, 0.05) is 16.7 Å². The molecule has 0 spiro atoms. The van der Waals surface area contributed by atoms with E-state index in [0.717, 1.165) is 10.0 Å². The van der Waals surface area contributed by atoms with Gasteiger partial charge in [0.1, 0.15) is 5.82 Å². The highest BCUT2D eigenvalue weighted by Crippen LogP contribution is 2.20. The van der Waals surface area contributed by atoms with Gasteiger partial charge >= 0.3 is 0 Å². The predicted molar refractivity (Wildman–Crippen MR) is 79.2 cm³/mol. The number of halogens is 2. The highest BCUT2D eigenvalue weighted by Gasteiger charge is 2.08. The van der Waals surface area contributed by atoms with Crippen LogP contribution in [-0.4, -0.2) is 8.42 Å². The Morgan fingerprint density at radius 2 is 1.95 bits per heavy atom. The molecule has 0 radical (unpaired) electrons. The topological polar surface area (TPSA) is 72.2 Å². The average molecular weight is 359 g/mol.